The zero-order chi connectivity index (χ0) is 12.6. The minimum absolute atomic E-state index is 0.0784. The van der Waals surface area contributed by atoms with Crippen LogP contribution in [0.1, 0.15) is 27.7 Å². The quantitative estimate of drug-likeness (QED) is 0.588. The molecule has 3 nitrogen and oxygen atoms in total. The lowest BCUT2D eigenvalue weighted by molar-refractivity contribution is -0.141. The van der Waals surface area contributed by atoms with Crippen LogP contribution in [-0.4, -0.2) is 37.3 Å². The van der Waals surface area contributed by atoms with Crippen LogP contribution < -0.4 is 0 Å². The number of thioether (sulfide) groups is 1. The first-order valence-electron chi connectivity index (χ1n) is 5.67. The molecule has 0 saturated heterocycles. The van der Waals surface area contributed by atoms with Gasteiger partial charge in [0, 0.05) is 7.11 Å². The molecule has 0 amide bonds. The van der Waals surface area contributed by atoms with Gasteiger partial charge in [-0.3, -0.25) is 4.79 Å². The van der Waals surface area contributed by atoms with E-state index in [2.05, 4.69) is 20.8 Å². The lowest BCUT2D eigenvalue weighted by atomic mass is 10.0. The van der Waals surface area contributed by atoms with Crippen molar-refractivity contribution >= 4 is 17.5 Å². The highest BCUT2D eigenvalue weighted by Gasteiger charge is 2.22. The molecular formula is C12H24O3S. The molecule has 0 aromatic carbocycles. The van der Waals surface area contributed by atoms with E-state index in [-0.39, 0.29) is 24.6 Å². The van der Waals surface area contributed by atoms with Gasteiger partial charge in [-0.15, -0.1) is 0 Å². The topological polar surface area (TPSA) is 35.5 Å². The molecule has 0 spiro atoms. The number of hydrogen-bond acceptors (Lipinski definition) is 4. The fourth-order valence-corrected chi connectivity index (χ4v) is 2.55. The van der Waals surface area contributed by atoms with Crippen LogP contribution >= 0.6 is 11.8 Å². The molecule has 0 radical (unpaired) electrons. The van der Waals surface area contributed by atoms with Gasteiger partial charge >= 0.3 is 0 Å². The van der Waals surface area contributed by atoms with E-state index in [1.807, 2.05) is 11.8 Å². The molecule has 0 saturated carbocycles. The van der Waals surface area contributed by atoms with E-state index in [9.17, 15) is 4.79 Å². The molecule has 16 heavy (non-hydrogen) atoms. The molecular weight excluding hydrogens is 224 g/mol. The first-order valence-corrected chi connectivity index (χ1v) is 6.83. The maximum atomic E-state index is 11.4. The SMILES string of the molecule is COCO[C@@H](C(C)=O)C(C)CSCC(C)C. The molecule has 96 valence electrons. The third-order valence-electron chi connectivity index (χ3n) is 2.11. The third-order valence-corrected chi connectivity index (χ3v) is 3.78. The number of rotatable bonds is 9. The largest absolute Gasteiger partial charge is 0.359 e. The lowest BCUT2D eigenvalue weighted by Gasteiger charge is -2.21. The summed E-state index contributed by atoms with van der Waals surface area (Å²) in [5, 5.41) is 0. The van der Waals surface area contributed by atoms with Gasteiger partial charge in [0.1, 0.15) is 12.9 Å². The Morgan fingerprint density at radius 3 is 2.31 bits per heavy atom. The second-order valence-electron chi connectivity index (χ2n) is 4.51. The molecule has 0 aliphatic carbocycles. The van der Waals surface area contributed by atoms with Crippen LogP contribution in [0.15, 0.2) is 0 Å². The zero-order valence-electron chi connectivity index (χ0n) is 11.0. The monoisotopic (exact) mass is 248 g/mol. The molecule has 0 aromatic rings. The van der Waals surface area contributed by atoms with Crippen molar-refractivity contribution in [3.8, 4) is 0 Å². The number of ether oxygens (including phenoxy) is 2. The Morgan fingerprint density at radius 1 is 1.25 bits per heavy atom. The van der Waals surface area contributed by atoms with E-state index in [0.717, 1.165) is 11.5 Å². The predicted molar refractivity (Wildman–Crippen MR) is 68.8 cm³/mol. The van der Waals surface area contributed by atoms with Crippen molar-refractivity contribution in [1.29, 1.82) is 0 Å². The lowest BCUT2D eigenvalue weighted by Crippen LogP contribution is -2.31. The van der Waals surface area contributed by atoms with Gasteiger partial charge < -0.3 is 9.47 Å². The Balaban J connectivity index is 3.96. The van der Waals surface area contributed by atoms with Gasteiger partial charge in [0.25, 0.3) is 0 Å². The highest BCUT2D eigenvalue weighted by atomic mass is 32.2. The van der Waals surface area contributed by atoms with Crippen LogP contribution in [0.2, 0.25) is 0 Å². The second-order valence-corrected chi connectivity index (χ2v) is 5.59. The van der Waals surface area contributed by atoms with Crippen LogP contribution in [0.3, 0.4) is 0 Å². The number of carbonyl (C=O) groups excluding carboxylic acids is 1. The molecule has 0 fully saturated rings. The fourth-order valence-electron chi connectivity index (χ4n) is 1.40. The van der Waals surface area contributed by atoms with Crippen LogP contribution in [0.25, 0.3) is 0 Å². The highest BCUT2D eigenvalue weighted by molar-refractivity contribution is 7.99. The number of hydrogen-bond donors (Lipinski definition) is 0. The maximum absolute atomic E-state index is 11.4. The van der Waals surface area contributed by atoms with Gasteiger partial charge in [-0.2, -0.15) is 11.8 Å². The maximum Gasteiger partial charge on any atom is 0.158 e. The highest BCUT2D eigenvalue weighted by Crippen LogP contribution is 2.17. The van der Waals surface area contributed by atoms with Gasteiger partial charge in [0.05, 0.1) is 0 Å². The molecule has 0 bridgehead atoms. The van der Waals surface area contributed by atoms with Crippen LogP contribution in [-0.2, 0) is 14.3 Å². The summed E-state index contributed by atoms with van der Waals surface area (Å²) in [5.41, 5.74) is 0. The van der Waals surface area contributed by atoms with E-state index in [0.29, 0.717) is 5.92 Å². The fraction of sp³-hybridized carbons (Fsp3) is 0.917. The summed E-state index contributed by atoms with van der Waals surface area (Å²) in [4.78, 5) is 11.4. The average Bonchev–Trinajstić information content (AvgIpc) is 2.17. The van der Waals surface area contributed by atoms with E-state index in [4.69, 9.17) is 9.47 Å². The molecule has 0 aromatic heterocycles. The van der Waals surface area contributed by atoms with Crippen LogP contribution in [0.5, 0.6) is 0 Å². The molecule has 0 aliphatic heterocycles. The Labute approximate surface area is 103 Å². The normalized spacial score (nSPS) is 15.1. The van der Waals surface area contributed by atoms with Crippen LogP contribution in [0, 0.1) is 11.8 Å². The van der Waals surface area contributed by atoms with E-state index in [1.54, 1.807) is 14.0 Å². The number of methoxy groups -OCH3 is 1. The molecule has 0 rings (SSSR count). The summed E-state index contributed by atoms with van der Waals surface area (Å²) in [6.45, 7) is 8.20. The first kappa shape index (κ1) is 15.9. The Morgan fingerprint density at radius 2 is 1.88 bits per heavy atom. The van der Waals surface area contributed by atoms with Crippen molar-refractivity contribution in [2.24, 2.45) is 11.8 Å². The number of Topliss-reactive ketones (excluding diaryl/α,β-unsaturated/α-hetero) is 1. The van der Waals surface area contributed by atoms with Crippen molar-refractivity contribution in [2.45, 2.75) is 33.8 Å². The van der Waals surface area contributed by atoms with Crippen molar-refractivity contribution in [3.63, 3.8) is 0 Å². The zero-order valence-corrected chi connectivity index (χ0v) is 11.8. The average molecular weight is 248 g/mol. The van der Waals surface area contributed by atoms with Crippen molar-refractivity contribution in [2.75, 3.05) is 25.4 Å². The Hall–Kier alpha value is -0.0600. The molecule has 0 heterocycles. The van der Waals surface area contributed by atoms with Crippen molar-refractivity contribution < 1.29 is 14.3 Å². The van der Waals surface area contributed by atoms with Crippen LogP contribution in [0.4, 0.5) is 0 Å². The van der Waals surface area contributed by atoms with E-state index < -0.39 is 0 Å². The van der Waals surface area contributed by atoms with E-state index >= 15 is 0 Å². The second kappa shape index (κ2) is 9.02. The van der Waals surface area contributed by atoms with Crippen molar-refractivity contribution in [1.82, 2.24) is 0 Å². The Kier molecular flexibility index (Phi) is 8.99. The van der Waals surface area contributed by atoms with E-state index in [1.165, 1.54) is 0 Å². The van der Waals surface area contributed by atoms with Crippen molar-refractivity contribution in [3.05, 3.63) is 0 Å². The smallest absolute Gasteiger partial charge is 0.158 e. The van der Waals surface area contributed by atoms with Gasteiger partial charge in [-0.1, -0.05) is 20.8 Å². The summed E-state index contributed by atoms with van der Waals surface area (Å²) >= 11 is 1.88. The number of carbonyl (C=O) groups is 1. The Bertz CT molecular complexity index is 195. The minimum Gasteiger partial charge on any atom is -0.359 e. The molecule has 1 unspecified atom stereocenters. The summed E-state index contributed by atoms with van der Waals surface area (Å²) in [7, 11) is 1.56. The standard InChI is InChI=1S/C12H24O3S/c1-9(2)6-16-7-10(3)12(11(4)13)15-8-14-5/h9-10,12H,6-8H2,1-5H3/t10?,12-/m1/s1. The van der Waals surface area contributed by atoms with Gasteiger partial charge in [0.2, 0.25) is 0 Å². The summed E-state index contributed by atoms with van der Waals surface area (Å²) in [6, 6.07) is 0. The summed E-state index contributed by atoms with van der Waals surface area (Å²) < 4.78 is 10.2. The first-order chi connectivity index (χ1) is 7.49. The van der Waals surface area contributed by atoms with Gasteiger partial charge in [-0.05, 0) is 30.3 Å². The minimum atomic E-state index is -0.334. The molecule has 0 aliphatic rings. The molecule has 0 N–H and O–H groups in total. The molecule has 4 heteroatoms. The summed E-state index contributed by atoms with van der Waals surface area (Å²) in [5.74, 6) is 3.07. The third kappa shape index (κ3) is 7.25. The number of ketones is 1. The van der Waals surface area contributed by atoms with Gasteiger partial charge in [-0.25, -0.2) is 0 Å². The predicted octanol–water partition coefficient (Wildman–Crippen LogP) is 2.59. The van der Waals surface area contributed by atoms with Gasteiger partial charge in [0.15, 0.2) is 5.78 Å². The summed E-state index contributed by atoms with van der Waals surface area (Å²) in [6.07, 6.45) is -0.334. The molecule has 2 atom stereocenters.